The topological polar surface area (TPSA) is 64.0 Å². The molecule has 0 radical (unpaired) electrons. The first-order valence-corrected chi connectivity index (χ1v) is 7.72. The van der Waals surface area contributed by atoms with Crippen LogP contribution in [0.4, 0.5) is 0 Å². The van der Waals surface area contributed by atoms with E-state index in [2.05, 4.69) is 9.71 Å². The number of nitrogens with one attached hydrogen (secondary N) is 1. The molecule has 0 atom stereocenters. The molecule has 19 heavy (non-hydrogen) atoms. The molecule has 5 nitrogen and oxygen atoms in total. The van der Waals surface area contributed by atoms with Crippen LogP contribution in [-0.2, 0) is 17.1 Å². The van der Waals surface area contributed by atoms with Crippen molar-refractivity contribution in [3.8, 4) is 0 Å². The molecule has 0 aliphatic carbocycles. The Morgan fingerprint density at radius 1 is 1.37 bits per heavy atom. The fourth-order valence-electron chi connectivity index (χ4n) is 1.83. The quantitative estimate of drug-likeness (QED) is 0.929. The van der Waals surface area contributed by atoms with E-state index in [1.54, 1.807) is 18.2 Å². The average molecular weight is 281 g/mol. The molecule has 0 bridgehead atoms. The van der Waals surface area contributed by atoms with E-state index in [-0.39, 0.29) is 10.8 Å². The number of aromatic nitrogens is 2. The second-order valence-corrected chi connectivity index (χ2v) is 6.88. The summed E-state index contributed by atoms with van der Waals surface area (Å²) >= 11 is 0. The fourth-order valence-corrected chi connectivity index (χ4v) is 3.06. The summed E-state index contributed by atoms with van der Waals surface area (Å²) in [7, 11) is -1.54. The molecule has 1 N–H and O–H groups in total. The van der Waals surface area contributed by atoms with Gasteiger partial charge < -0.3 is 4.57 Å². The minimum absolute atomic E-state index is 0.263. The molecule has 0 aliphatic rings. The minimum Gasteiger partial charge on any atom is -0.331 e. The molecule has 0 amide bonds. The van der Waals surface area contributed by atoms with Crippen LogP contribution in [0.15, 0.2) is 23.1 Å². The number of aryl methyl sites for hydroxylation is 2. The van der Waals surface area contributed by atoms with E-state index in [0.717, 1.165) is 11.3 Å². The lowest BCUT2D eigenvalue weighted by Gasteiger charge is -2.08. The van der Waals surface area contributed by atoms with Crippen molar-refractivity contribution in [1.29, 1.82) is 0 Å². The first kappa shape index (κ1) is 14.0. The van der Waals surface area contributed by atoms with Gasteiger partial charge in [-0.25, -0.2) is 18.1 Å². The highest BCUT2D eigenvalue weighted by Gasteiger charge is 2.16. The molecule has 0 fully saturated rings. The van der Waals surface area contributed by atoms with Crippen molar-refractivity contribution in [1.82, 2.24) is 14.3 Å². The number of sulfonamides is 1. The van der Waals surface area contributed by atoms with Gasteiger partial charge in [-0.1, -0.05) is 13.8 Å². The largest absolute Gasteiger partial charge is 0.331 e. The molecule has 0 saturated carbocycles. The molecule has 2 aromatic rings. The lowest BCUT2D eigenvalue weighted by Crippen LogP contribution is -2.27. The zero-order valence-corrected chi connectivity index (χ0v) is 12.5. The second-order valence-electron chi connectivity index (χ2n) is 5.11. The van der Waals surface area contributed by atoms with Crippen molar-refractivity contribution >= 4 is 21.1 Å². The first-order valence-electron chi connectivity index (χ1n) is 6.24. The Balaban J connectivity index is 2.40. The van der Waals surface area contributed by atoms with E-state index in [4.69, 9.17) is 0 Å². The first-order chi connectivity index (χ1) is 8.81. The van der Waals surface area contributed by atoms with Gasteiger partial charge in [0.1, 0.15) is 5.82 Å². The van der Waals surface area contributed by atoms with Crippen LogP contribution in [0, 0.1) is 12.8 Å². The predicted molar refractivity (Wildman–Crippen MR) is 75.5 cm³/mol. The van der Waals surface area contributed by atoms with E-state index < -0.39 is 10.0 Å². The molecular weight excluding hydrogens is 262 g/mol. The number of benzene rings is 1. The summed E-state index contributed by atoms with van der Waals surface area (Å²) in [5.41, 5.74) is 1.63. The summed E-state index contributed by atoms with van der Waals surface area (Å²) < 4.78 is 28.8. The normalized spacial score (nSPS) is 12.5. The maximum Gasteiger partial charge on any atom is 0.240 e. The highest BCUT2D eigenvalue weighted by atomic mass is 32.2. The SMILES string of the molecule is Cc1nc2cc(S(=O)(=O)NCC(C)C)ccc2n1C. The summed E-state index contributed by atoms with van der Waals surface area (Å²) in [5, 5.41) is 0. The summed E-state index contributed by atoms with van der Waals surface area (Å²) in [5.74, 6) is 1.13. The number of nitrogens with zero attached hydrogens (tertiary/aromatic N) is 2. The molecule has 0 unspecified atom stereocenters. The van der Waals surface area contributed by atoms with Gasteiger partial charge in [0.25, 0.3) is 0 Å². The Labute approximate surface area is 113 Å². The van der Waals surface area contributed by atoms with Gasteiger partial charge >= 0.3 is 0 Å². The summed E-state index contributed by atoms with van der Waals surface area (Å²) in [6.45, 7) is 6.26. The lowest BCUT2D eigenvalue weighted by atomic mass is 10.2. The van der Waals surface area contributed by atoms with Crippen molar-refractivity contribution < 1.29 is 8.42 Å². The molecular formula is C13H19N3O2S. The summed E-state index contributed by atoms with van der Waals surface area (Å²) in [4.78, 5) is 4.62. The summed E-state index contributed by atoms with van der Waals surface area (Å²) in [6, 6.07) is 5.02. The molecule has 6 heteroatoms. The van der Waals surface area contributed by atoms with Crippen LogP contribution in [0.5, 0.6) is 0 Å². The standard InChI is InChI=1S/C13H19N3O2S/c1-9(2)8-14-19(17,18)11-5-6-13-12(7-11)15-10(3)16(13)4/h5-7,9,14H,8H2,1-4H3. The highest BCUT2D eigenvalue weighted by Crippen LogP contribution is 2.19. The van der Waals surface area contributed by atoms with E-state index in [0.29, 0.717) is 12.1 Å². The van der Waals surface area contributed by atoms with Gasteiger partial charge in [-0.15, -0.1) is 0 Å². The minimum atomic E-state index is -3.45. The lowest BCUT2D eigenvalue weighted by molar-refractivity contribution is 0.560. The molecule has 0 spiro atoms. The highest BCUT2D eigenvalue weighted by molar-refractivity contribution is 7.89. The van der Waals surface area contributed by atoms with Crippen LogP contribution in [-0.4, -0.2) is 24.5 Å². The van der Waals surface area contributed by atoms with Crippen LogP contribution >= 0.6 is 0 Å². The third-order valence-electron chi connectivity index (χ3n) is 3.07. The van der Waals surface area contributed by atoms with Crippen molar-refractivity contribution in [3.63, 3.8) is 0 Å². The van der Waals surface area contributed by atoms with Crippen LogP contribution < -0.4 is 4.72 Å². The van der Waals surface area contributed by atoms with Crippen LogP contribution in [0.2, 0.25) is 0 Å². The Morgan fingerprint density at radius 2 is 2.05 bits per heavy atom. The van der Waals surface area contributed by atoms with Gasteiger partial charge in [0.15, 0.2) is 0 Å². The van der Waals surface area contributed by atoms with Gasteiger partial charge in [-0.2, -0.15) is 0 Å². The maximum atomic E-state index is 12.1. The summed E-state index contributed by atoms with van der Waals surface area (Å²) in [6.07, 6.45) is 0. The van der Waals surface area contributed by atoms with E-state index >= 15 is 0 Å². The molecule has 1 aromatic carbocycles. The smallest absolute Gasteiger partial charge is 0.240 e. The Kier molecular flexibility index (Phi) is 3.64. The number of imidazole rings is 1. The molecule has 0 saturated heterocycles. The van der Waals surface area contributed by atoms with E-state index in [1.165, 1.54) is 0 Å². The maximum absolute atomic E-state index is 12.1. The Hall–Kier alpha value is -1.40. The zero-order valence-electron chi connectivity index (χ0n) is 11.6. The number of hydrogen-bond acceptors (Lipinski definition) is 3. The van der Waals surface area contributed by atoms with Crippen molar-refractivity contribution in [2.75, 3.05) is 6.54 Å². The Bertz CT molecular complexity index is 702. The third-order valence-corrected chi connectivity index (χ3v) is 4.49. The number of hydrogen-bond donors (Lipinski definition) is 1. The predicted octanol–water partition coefficient (Wildman–Crippen LogP) is 1.82. The van der Waals surface area contributed by atoms with E-state index in [9.17, 15) is 8.42 Å². The monoisotopic (exact) mass is 281 g/mol. The van der Waals surface area contributed by atoms with Crippen LogP contribution in [0.3, 0.4) is 0 Å². The van der Waals surface area contributed by atoms with Crippen LogP contribution in [0.1, 0.15) is 19.7 Å². The van der Waals surface area contributed by atoms with Crippen molar-refractivity contribution in [2.45, 2.75) is 25.7 Å². The molecule has 1 heterocycles. The van der Waals surface area contributed by atoms with Gasteiger partial charge in [0.05, 0.1) is 15.9 Å². The van der Waals surface area contributed by atoms with Crippen molar-refractivity contribution in [3.05, 3.63) is 24.0 Å². The number of rotatable bonds is 4. The second kappa shape index (κ2) is 4.94. The number of fused-ring (bicyclic) bond motifs is 1. The van der Waals surface area contributed by atoms with Crippen molar-refractivity contribution in [2.24, 2.45) is 13.0 Å². The van der Waals surface area contributed by atoms with Crippen LogP contribution in [0.25, 0.3) is 11.0 Å². The fraction of sp³-hybridized carbons (Fsp3) is 0.462. The molecule has 0 aliphatic heterocycles. The molecule has 1 aromatic heterocycles. The third kappa shape index (κ3) is 2.79. The Morgan fingerprint density at radius 3 is 2.68 bits per heavy atom. The van der Waals surface area contributed by atoms with Gasteiger partial charge in [0, 0.05) is 13.6 Å². The molecule has 104 valence electrons. The zero-order chi connectivity index (χ0) is 14.2. The average Bonchev–Trinajstić information content (AvgIpc) is 2.62. The molecule has 2 rings (SSSR count). The van der Waals surface area contributed by atoms with E-state index in [1.807, 2.05) is 32.4 Å². The van der Waals surface area contributed by atoms with Gasteiger partial charge in [0.2, 0.25) is 10.0 Å². The van der Waals surface area contributed by atoms with Gasteiger partial charge in [-0.05, 0) is 31.0 Å². The van der Waals surface area contributed by atoms with Gasteiger partial charge in [-0.3, -0.25) is 0 Å².